The van der Waals surface area contributed by atoms with Gasteiger partial charge in [0.1, 0.15) is 23.0 Å². The molecule has 1 unspecified atom stereocenters. The van der Waals surface area contributed by atoms with Crippen molar-refractivity contribution in [3.63, 3.8) is 0 Å². The molecule has 140 valence electrons. The van der Waals surface area contributed by atoms with E-state index in [1.807, 2.05) is 19.1 Å². The first-order valence-corrected chi connectivity index (χ1v) is 9.43. The summed E-state index contributed by atoms with van der Waals surface area (Å²) in [7, 11) is 0. The van der Waals surface area contributed by atoms with Gasteiger partial charge in [-0.3, -0.25) is 9.69 Å². The van der Waals surface area contributed by atoms with Crippen LogP contribution < -0.4 is 5.32 Å². The van der Waals surface area contributed by atoms with E-state index in [1.165, 1.54) is 0 Å². The summed E-state index contributed by atoms with van der Waals surface area (Å²) in [5.74, 6) is 2.73. The monoisotopic (exact) mass is 358 g/mol. The van der Waals surface area contributed by atoms with Gasteiger partial charge < -0.3 is 19.0 Å². The van der Waals surface area contributed by atoms with Gasteiger partial charge in [0.05, 0.1) is 25.5 Å². The van der Waals surface area contributed by atoms with Gasteiger partial charge in [0.15, 0.2) is 0 Å². The summed E-state index contributed by atoms with van der Waals surface area (Å²) in [6.45, 7) is 6.41. The molecular formula is C19H26N4O3. The first-order valence-electron chi connectivity index (χ1n) is 9.43. The lowest BCUT2D eigenvalue weighted by atomic mass is 10.1. The second-order valence-electron chi connectivity index (χ2n) is 6.99. The van der Waals surface area contributed by atoms with Crippen LogP contribution in [0.4, 0.5) is 0 Å². The summed E-state index contributed by atoms with van der Waals surface area (Å²) in [6.07, 6.45) is 4.91. The maximum absolute atomic E-state index is 12.8. The second-order valence-corrected chi connectivity index (χ2v) is 6.99. The van der Waals surface area contributed by atoms with Gasteiger partial charge >= 0.3 is 0 Å². The van der Waals surface area contributed by atoms with Gasteiger partial charge in [0.2, 0.25) is 0 Å². The maximum Gasteiger partial charge on any atom is 0.269 e. The van der Waals surface area contributed by atoms with E-state index in [1.54, 1.807) is 6.20 Å². The molecule has 0 radical (unpaired) electrons. The Balaban J connectivity index is 1.47. The van der Waals surface area contributed by atoms with Crippen molar-refractivity contribution in [1.82, 2.24) is 19.8 Å². The van der Waals surface area contributed by atoms with Crippen molar-refractivity contribution in [3.8, 4) is 0 Å². The van der Waals surface area contributed by atoms with Crippen molar-refractivity contribution in [3.05, 3.63) is 41.4 Å². The maximum atomic E-state index is 12.8. The Labute approximate surface area is 153 Å². The van der Waals surface area contributed by atoms with E-state index >= 15 is 0 Å². The van der Waals surface area contributed by atoms with Crippen LogP contribution in [0.2, 0.25) is 0 Å². The highest BCUT2D eigenvalue weighted by atomic mass is 16.5. The number of furan rings is 1. The Morgan fingerprint density at radius 2 is 2.12 bits per heavy atom. The number of aryl methyl sites for hydroxylation is 2. The molecule has 2 aliphatic rings. The topological polar surface area (TPSA) is 72.5 Å². The SMILES string of the molecule is Cc1ccc(C(CNC(=O)c2cnc3n2CCCC3)N2CCOCC2)o1. The highest BCUT2D eigenvalue weighted by Crippen LogP contribution is 2.23. The lowest BCUT2D eigenvalue weighted by Crippen LogP contribution is -2.44. The summed E-state index contributed by atoms with van der Waals surface area (Å²) < 4.78 is 13.4. The van der Waals surface area contributed by atoms with Crippen molar-refractivity contribution in [2.45, 2.75) is 38.8 Å². The molecule has 4 rings (SSSR count). The quantitative estimate of drug-likeness (QED) is 0.884. The number of rotatable bonds is 5. The molecule has 7 heteroatoms. The molecule has 1 amide bonds. The number of morpholine rings is 1. The minimum atomic E-state index is -0.0628. The van der Waals surface area contributed by atoms with Crippen molar-refractivity contribution in [2.24, 2.45) is 0 Å². The molecule has 0 bridgehead atoms. The summed E-state index contributed by atoms with van der Waals surface area (Å²) in [5.41, 5.74) is 0.663. The van der Waals surface area contributed by atoms with Crippen molar-refractivity contribution in [2.75, 3.05) is 32.8 Å². The number of amides is 1. The summed E-state index contributed by atoms with van der Waals surface area (Å²) in [6, 6.07) is 3.99. The van der Waals surface area contributed by atoms with Crippen LogP contribution in [0.25, 0.3) is 0 Å². The predicted molar refractivity (Wildman–Crippen MR) is 96.1 cm³/mol. The minimum Gasteiger partial charge on any atom is -0.465 e. The van der Waals surface area contributed by atoms with Crippen LogP contribution in [0.5, 0.6) is 0 Å². The van der Waals surface area contributed by atoms with Gasteiger partial charge in [-0.25, -0.2) is 4.98 Å². The number of imidazole rings is 1. The molecule has 0 aliphatic carbocycles. The summed E-state index contributed by atoms with van der Waals surface area (Å²) in [4.78, 5) is 19.5. The smallest absolute Gasteiger partial charge is 0.269 e. The molecule has 1 atom stereocenters. The van der Waals surface area contributed by atoms with E-state index in [4.69, 9.17) is 9.15 Å². The molecule has 1 N–H and O–H groups in total. The number of carbonyl (C=O) groups is 1. The van der Waals surface area contributed by atoms with Gasteiger partial charge in [-0.15, -0.1) is 0 Å². The van der Waals surface area contributed by atoms with E-state index in [0.29, 0.717) is 25.5 Å². The molecule has 4 heterocycles. The lowest BCUT2D eigenvalue weighted by Gasteiger charge is -2.33. The van der Waals surface area contributed by atoms with Crippen LogP contribution in [-0.4, -0.2) is 53.2 Å². The Morgan fingerprint density at radius 1 is 1.27 bits per heavy atom. The molecule has 1 saturated heterocycles. The largest absolute Gasteiger partial charge is 0.465 e. The van der Waals surface area contributed by atoms with Crippen LogP contribution in [0, 0.1) is 6.92 Å². The van der Waals surface area contributed by atoms with Crippen molar-refractivity contribution < 1.29 is 13.9 Å². The fraction of sp³-hybridized carbons (Fsp3) is 0.579. The Hall–Kier alpha value is -2.12. The predicted octanol–water partition coefficient (Wildman–Crippen LogP) is 1.92. The number of fused-ring (bicyclic) bond motifs is 1. The Morgan fingerprint density at radius 3 is 2.88 bits per heavy atom. The third-order valence-electron chi connectivity index (χ3n) is 5.23. The standard InChI is InChI=1S/C19H26N4O3/c1-14-5-6-17(26-14)15(22-8-10-25-11-9-22)12-21-19(24)16-13-20-18-4-2-3-7-23(16)18/h5-6,13,15H,2-4,7-12H2,1H3,(H,21,24). The van der Waals surface area contributed by atoms with Gasteiger partial charge in [-0.2, -0.15) is 0 Å². The zero-order chi connectivity index (χ0) is 17.9. The molecule has 7 nitrogen and oxygen atoms in total. The molecular weight excluding hydrogens is 332 g/mol. The number of carbonyl (C=O) groups excluding carboxylic acids is 1. The average molecular weight is 358 g/mol. The second kappa shape index (κ2) is 7.63. The van der Waals surface area contributed by atoms with Crippen molar-refractivity contribution in [1.29, 1.82) is 0 Å². The zero-order valence-corrected chi connectivity index (χ0v) is 15.2. The van der Waals surface area contributed by atoms with Gasteiger partial charge in [-0.1, -0.05) is 0 Å². The number of hydrogen-bond donors (Lipinski definition) is 1. The van der Waals surface area contributed by atoms with E-state index in [0.717, 1.165) is 56.2 Å². The fourth-order valence-electron chi connectivity index (χ4n) is 3.81. The molecule has 0 spiro atoms. The summed E-state index contributed by atoms with van der Waals surface area (Å²) in [5, 5.41) is 3.10. The van der Waals surface area contributed by atoms with E-state index in [-0.39, 0.29) is 11.9 Å². The normalized spacial score (nSPS) is 19.1. The highest BCUT2D eigenvalue weighted by molar-refractivity contribution is 5.92. The first kappa shape index (κ1) is 17.3. The third-order valence-corrected chi connectivity index (χ3v) is 5.23. The number of ether oxygens (including phenoxy) is 1. The molecule has 2 aromatic rings. The van der Waals surface area contributed by atoms with E-state index in [9.17, 15) is 4.79 Å². The third kappa shape index (κ3) is 3.54. The lowest BCUT2D eigenvalue weighted by molar-refractivity contribution is 0.0116. The zero-order valence-electron chi connectivity index (χ0n) is 15.2. The van der Waals surface area contributed by atoms with E-state index < -0.39 is 0 Å². The number of nitrogens with one attached hydrogen (secondary N) is 1. The molecule has 0 aromatic carbocycles. The van der Waals surface area contributed by atoms with Gasteiger partial charge in [0, 0.05) is 32.6 Å². The molecule has 2 aliphatic heterocycles. The average Bonchev–Trinajstić information content (AvgIpc) is 3.29. The van der Waals surface area contributed by atoms with Crippen LogP contribution in [0.15, 0.2) is 22.7 Å². The molecule has 26 heavy (non-hydrogen) atoms. The summed E-state index contributed by atoms with van der Waals surface area (Å²) >= 11 is 0. The van der Waals surface area contributed by atoms with Gasteiger partial charge in [-0.05, 0) is 31.9 Å². The number of nitrogens with zero attached hydrogens (tertiary/aromatic N) is 3. The van der Waals surface area contributed by atoms with Crippen LogP contribution in [0.3, 0.4) is 0 Å². The fourth-order valence-corrected chi connectivity index (χ4v) is 3.81. The molecule has 2 aromatic heterocycles. The molecule has 1 fully saturated rings. The number of hydrogen-bond acceptors (Lipinski definition) is 5. The van der Waals surface area contributed by atoms with E-state index in [2.05, 4.69) is 19.8 Å². The molecule has 0 saturated carbocycles. The number of aromatic nitrogens is 2. The van der Waals surface area contributed by atoms with Crippen LogP contribution in [-0.2, 0) is 17.7 Å². The Kier molecular flexibility index (Phi) is 5.08. The van der Waals surface area contributed by atoms with Crippen LogP contribution in [0.1, 0.15) is 46.7 Å². The van der Waals surface area contributed by atoms with Gasteiger partial charge in [0.25, 0.3) is 5.91 Å². The van der Waals surface area contributed by atoms with Crippen LogP contribution >= 0.6 is 0 Å². The van der Waals surface area contributed by atoms with Crippen molar-refractivity contribution >= 4 is 5.91 Å². The highest BCUT2D eigenvalue weighted by Gasteiger charge is 2.27. The Bertz CT molecular complexity index is 761. The first-order chi connectivity index (χ1) is 12.7. The minimum absolute atomic E-state index is 0.0142.